The van der Waals surface area contributed by atoms with Gasteiger partial charge in [0.25, 0.3) is 0 Å². The average molecular weight is 387 g/mol. The molecular formula is C20H25F4NO2. The van der Waals surface area contributed by atoms with Crippen molar-refractivity contribution < 1.29 is 27.1 Å². The Hall–Kier alpha value is -1.79. The smallest absolute Gasteiger partial charge is 0.329 e. The molecule has 1 aromatic rings. The van der Waals surface area contributed by atoms with E-state index in [1.54, 1.807) is 0 Å². The summed E-state index contributed by atoms with van der Waals surface area (Å²) in [5.41, 5.74) is 0.256. The van der Waals surface area contributed by atoms with Gasteiger partial charge in [0.05, 0.1) is 19.0 Å². The lowest BCUT2D eigenvalue weighted by Crippen LogP contribution is -2.38. The molecule has 2 fully saturated rings. The number of carbonyl (C=O) groups excluding carboxylic acids is 1. The lowest BCUT2D eigenvalue weighted by Gasteiger charge is -2.26. The topological polar surface area (TPSA) is 29.5 Å². The molecule has 0 amide bonds. The van der Waals surface area contributed by atoms with Gasteiger partial charge in [-0.2, -0.15) is 17.6 Å². The highest BCUT2D eigenvalue weighted by molar-refractivity contribution is 5.75. The summed E-state index contributed by atoms with van der Waals surface area (Å²) < 4.78 is 58.7. The number of carbonyl (C=O) groups is 1. The minimum atomic E-state index is -4.05. The number of esters is 1. The number of ether oxygens (including phenoxy) is 1. The van der Waals surface area contributed by atoms with Crippen molar-refractivity contribution >= 4 is 11.7 Å². The van der Waals surface area contributed by atoms with Gasteiger partial charge in [-0.15, -0.1) is 0 Å². The van der Waals surface area contributed by atoms with Crippen LogP contribution in [0.3, 0.4) is 0 Å². The SMILES string of the molecule is CCCC1CCC(C(=O)Oc2ccc(N3CC(F)(F)C(F)(F)C3)cc2)CC1. The van der Waals surface area contributed by atoms with Crippen LogP contribution in [0.5, 0.6) is 5.75 Å². The molecule has 3 rings (SSSR count). The zero-order valence-corrected chi connectivity index (χ0v) is 15.4. The van der Waals surface area contributed by atoms with Crippen LogP contribution in [0.25, 0.3) is 0 Å². The summed E-state index contributed by atoms with van der Waals surface area (Å²) in [5.74, 6) is -7.50. The van der Waals surface area contributed by atoms with Crippen molar-refractivity contribution in [2.75, 3.05) is 18.0 Å². The largest absolute Gasteiger partial charge is 0.426 e. The van der Waals surface area contributed by atoms with Gasteiger partial charge in [0.15, 0.2) is 0 Å². The number of hydrogen-bond donors (Lipinski definition) is 0. The first-order valence-corrected chi connectivity index (χ1v) is 9.54. The molecule has 0 unspecified atom stereocenters. The van der Waals surface area contributed by atoms with Gasteiger partial charge < -0.3 is 9.64 Å². The Balaban J connectivity index is 1.55. The van der Waals surface area contributed by atoms with Crippen molar-refractivity contribution in [3.63, 3.8) is 0 Å². The highest BCUT2D eigenvalue weighted by Crippen LogP contribution is 2.42. The molecule has 150 valence electrons. The summed E-state index contributed by atoms with van der Waals surface area (Å²) in [6, 6.07) is 5.78. The van der Waals surface area contributed by atoms with Crippen LogP contribution >= 0.6 is 0 Å². The van der Waals surface area contributed by atoms with Crippen molar-refractivity contribution in [1.82, 2.24) is 0 Å². The van der Waals surface area contributed by atoms with Crippen LogP contribution in [0.4, 0.5) is 23.2 Å². The summed E-state index contributed by atoms with van der Waals surface area (Å²) in [6.45, 7) is 0.106. The second-order valence-corrected chi connectivity index (χ2v) is 7.69. The van der Waals surface area contributed by atoms with Gasteiger partial charge in [-0.1, -0.05) is 19.8 Å². The molecule has 2 aliphatic rings. The first kappa shape index (κ1) is 20.0. The van der Waals surface area contributed by atoms with Gasteiger partial charge in [0.2, 0.25) is 0 Å². The fourth-order valence-corrected chi connectivity index (χ4v) is 3.97. The molecule has 1 aliphatic carbocycles. The van der Waals surface area contributed by atoms with E-state index in [1.807, 2.05) is 0 Å². The van der Waals surface area contributed by atoms with Crippen molar-refractivity contribution in [2.24, 2.45) is 11.8 Å². The number of benzene rings is 1. The molecule has 27 heavy (non-hydrogen) atoms. The normalized spacial score (nSPS) is 26.8. The molecule has 1 heterocycles. The number of anilines is 1. The molecule has 1 saturated carbocycles. The third-order valence-electron chi connectivity index (χ3n) is 5.61. The molecule has 0 aromatic heterocycles. The van der Waals surface area contributed by atoms with Gasteiger partial charge in [-0.25, -0.2) is 0 Å². The van der Waals surface area contributed by atoms with Crippen molar-refractivity contribution in [3.05, 3.63) is 24.3 Å². The van der Waals surface area contributed by atoms with E-state index in [0.717, 1.165) is 37.0 Å². The standard InChI is InChI=1S/C20H25F4NO2/c1-2-3-14-4-6-15(7-5-14)18(26)27-17-10-8-16(9-11-17)25-12-19(21,22)20(23,24)13-25/h8-11,14-15H,2-7,12-13H2,1H3. The Kier molecular flexibility index (Phi) is 5.68. The molecule has 0 atom stereocenters. The third kappa shape index (κ3) is 4.38. The summed E-state index contributed by atoms with van der Waals surface area (Å²) in [5, 5.41) is 0. The number of alkyl halides is 4. The lowest BCUT2D eigenvalue weighted by molar-refractivity contribution is -0.172. The molecular weight excluding hydrogens is 362 g/mol. The van der Waals surface area contributed by atoms with Crippen LogP contribution < -0.4 is 9.64 Å². The van der Waals surface area contributed by atoms with E-state index >= 15 is 0 Å². The monoisotopic (exact) mass is 387 g/mol. The van der Waals surface area contributed by atoms with Crippen LogP contribution in [0.15, 0.2) is 24.3 Å². The van der Waals surface area contributed by atoms with Crippen molar-refractivity contribution in [1.29, 1.82) is 0 Å². The number of rotatable bonds is 5. The zero-order chi connectivity index (χ0) is 19.7. The van der Waals surface area contributed by atoms with E-state index < -0.39 is 24.9 Å². The Labute approximate surface area is 156 Å². The van der Waals surface area contributed by atoms with Crippen molar-refractivity contribution in [2.45, 2.75) is 57.3 Å². The predicted molar refractivity (Wildman–Crippen MR) is 94.5 cm³/mol. The summed E-state index contributed by atoms with van der Waals surface area (Å²) >= 11 is 0. The van der Waals surface area contributed by atoms with E-state index in [9.17, 15) is 22.4 Å². The van der Waals surface area contributed by atoms with Gasteiger partial charge in [-0.05, 0) is 55.9 Å². The van der Waals surface area contributed by atoms with Crippen LogP contribution in [0, 0.1) is 11.8 Å². The maximum absolute atomic E-state index is 13.3. The van der Waals surface area contributed by atoms with Gasteiger partial charge >= 0.3 is 17.8 Å². The Morgan fingerprint density at radius 2 is 1.59 bits per heavy atom. The van der Waals surface area contributed by atoms with E-state index in [0.29, 0.717) is 11.7 Å². The van der Waals surface area contributed by atoms with Crippen LogP contribution in [0.1, 0.15) is 45.4 Å². The molecule has 1 aromatic carbocycles. The first-order chi connectivity index (χ1) is 12.7. The minimum Gasteiger partial charge on any atom is -0.426 e. The highest BCUT2D eigenvalue weighted by Gasteiger charge is 2.62. The van der Waals surface area contributed by atoms with E-state index in [2.05, 4.69) is 6.92 Å². The van der Waals surface area contributed by atoms with Crippen molar-refractivity contribution in [3.8, 4) is 5.75 Å². The molecule has 0 radical (unpaired) electrons. The first-order valence-electron chi connectivity index (χ1n) is 9.54. The fourth-order valence-electron chi connectivity index (χ4n) is 3.97. The molecule has 1 saturated heterocycles. The molecule has 7 heteroatoms. The molecule has 1 aliphatic heterocycles. The fraction of sp³-hybridized carbons (Fsp3) is 0.650. The van der Waals surface area contributed by atoms with Gasteiger partial charge in [0.1, 0.15) is 5.75 Å². The Morgan fingerprint density at radius 1 is 1.04 bits per heavy atom. The van der Waals surface area contributed by atoms with E-state index in [-0.39, 0.29) is 17.6 Å². The molecule has 0 N–H and O–H groups in total. The minimum absolute atomic E-state index is 0.117. The maximum Gasteiger partial charge on any atom is 0.329 e. The number of hydrogen-bond acceptors (Lipinski definition) is 3. The molecule has 3 nitrogen and oxygen atoms in total. The Bertz CT molecular complexity index is 638. The summed E-state index contributed by atoms with van der Waals surface area (Å²) in [6.07, 6.45) is 6.05. The van der Waals surface area contributed by atoms with E-state index in [4.69, 9.17) is 4.74 Å². The van der Waals surface area contributed by atoms with Gasteiger partial charge in [-0.3, -0.25) is 4.79 Å². The number of halogens is 4. The average Bonchev–Trinajstić information content (AvgIpc) is 2.84. The van der Waals surface area contributed by atoms with Crippen LogP contribution in [-0.2, 0) is 4.79 Å². The van der Waals surface area contributed by atoms with Crippen LogP contribution in [-0.4, -0.2) is 30.9 Å². The highest BCUT2D eigenvalue weighted by atomic mass is 19.3. The second-order valence-electron chi connectivity index (χ2n) is 7.69. The third-order valence-corrected chi connectivity index (χ3v) is 5.61. The van der Waals surface area contributed by atoms with Crippen LogP contribution in [0.2, 0.25) is 0 Å². The predicted octanol–water partition coefficient (Wildman–Crippen LogP) is 5.29. The maximum atomic E-state index is 13.3. The number of nitrogens with zero attached hydrogens (tertiary/aromatic N) is 1. The van der Waals surface area contributed by atoms with Gasteiger partial charge in [0, 0.05) is 5.69 Å². The summed E-state index contributed by atoms with van der Waals surface area (Å²) in [7, 11) is 0. The van der Waals surface area contributed by atoms with E-state index in [1.165, 1.54) is 30.7 Å². The quantitative estimate of drug-likeness (QED) is 0.391. The lowest BCUT2D eigenvalue weighted by atomic mass is 9.80. The molecule has 0 spiro atoms. The summed E-state index contributed by atoms with van der Waals surface area (Å²) in [4.78, 5) is 13.3. The second kappa shape index (κ2) is 7.68. The molecule has 0 bridgehead atoms. The Morgan fingerprint density at radius 3 is 2.11 bits per heavy atom. The zero-order valence-electron chi connectivity index (χ0n) is 15.4.